The van der Waals surface area contributed by atoms with Gasteiger partial charge >= 0.3 is 0 Å². The second kappa shape index (κ2) is 5.01. The van der Waals surface area contributed by atoms with Crippen molar-refractivity contribution in [2.45, 2.75) is 25.2 Å². The van der Waals surface area contributed by atoms with Gasteiger partial charge in [-0.15, -0.1) is 0 Å². The Bertz CT molecular complexity index is 419. The predicted octanol–water partition coefficient (Wildman–Crippen LogP) is 2.20. The summed E-state index contributed by atoms with van der Waals surface area (Å²) in [6, 6.07) is 10.8. The molecule has 18 heavy (non-hydrogen) atoms. The van der Waals surface area contributed by atoms with E-state index < -0.39 is 0 Å². The van der Waals surface area contributed by atoms with Gasteiger partial charge in [-0.25, -0.2) is 0 Å². The molecular weight excluding hydrogens is 222 g/mol. The quantitative estimate of drug-likeness (QED) is 0.650. The Balaban J connectivity index is 1.67. The maximum absolute atomic E-state index is 6.00. The maximum atomic E-state index is 6.00. The number of nitrogens with zero attached hydrogens (tertiary/aromatic N) is 2. The second-order valence-electron chi connectivity index (χ2n) is 5.39. The molecule has 96 valence electrons. The van der Waals surface area contributed by atoms with Gasteiger partial charge in [0.05, 0.1) is 0 Å². The summed E-state index contributed by atoms with van der Waals surface area (Å²) in [6.45, 7) is 3.00. The van der Waals surface area contributed by atoms with Crippen LogP contribution in [-0.4, -0.2) is 30.5 Å². The van der Waals surface area contributed by atoms with Crippen molar-refractivity contribution in [1.29, 1.82) is 0 Å². The van der Waals surface area contributed by atoms with E-state index in [9.17, 15) is 0 Å². The van der Waals surface area contributed by atoms with Crippen molar-refractivity contribution >= 4 is 5.96 Å². The largest absolute Gasteiger partial charge is 0.370 e. The van der Waals surface area contributed by atoms with E-state index in [4.69, 9.17) is 5.73 Å². The SMILES string of the molecule is NC(=NCC(c1ccccc1)C1CC1)N1CCC1. The van der Waals surface area contributed by atoms with Gasteiger partial charge in [0.25, 0.3) is 0 Å². The lowest BCUT2D eigenvalue weighted by Crippen LogP contribution is -2.46. The Hall–Kier alpha value is -1.51. The van der Waals surface area contributed by atoms with Crippen molar-refractivity contribution in [3.63, 3.8) is 0 Å². The summed E-state index contributed by atoms with van der Waals surface area (Å²) >= 11 is 0. The highest BCUT2D eigenvalue weighted by Gasteiger charge is 2.32. The van der Waals surface area contributed by atoms with E-state index >= 15 is 0 Å². The third-order valence-electron chi connectivity index (χ3n) is 4.05. The van der Waals surface area contributed by atoms with Crippen LogP contribution in [0.25, 0.3) is 0 Å². The molecule has 0 bridgehead atoms. The lowest BCUT2D eigenvalue weighted by Gasteiger charge is -2.32. The van der Waals surface area contributed by atoms with Crippen molar-refractivity contribution in [1.82, 2.24) is 4.90 Å². The first-order valence-electron chi connectivity index (χ1n) is 6.94. The van der Waals surface area contributed by atoms with Gasteiger partial charge in [0.15, 0.2) is 5.96 Å². The van der Waals surface area contributed by atoms with Gasteiger partial charge in [-0.2, -0.15) is 0 Å². The van der Waals surface area contributed by atoms with Crippen LogP contribution in [0.4, 0.5) is 0 Å². The molecule has 1 unspecified atom stereocenters. The van der Waals surface area contributed by atoms with Gasteiger partial charge in [-0.1, -0.05) is 30.3 Å². The Labute approximate surface area is 109 Å². The standard InChI is InChI=1S/C15H21N3/c16-15(18-9-4-10-18)17-11-14(13-7-8-13)12-5-2-1-3-6-12/h1-3,5-6,13-14H,4,7-11H2,(H2,16,17). The van der Waals surface area contributed by atoms with Gasteiger partial charge in [0, 0.05) is 25.6 Å². The van der Waals surface area contributed by atoms with Crippen LogP contribution in [0.1, 0.15) is 30.7 Å². The van der Waals surface area contributed by atoms with Crippen LogP contribution < -0.4 is 5.73 Å². The molecule has 3 rings (SSSR count). The third-order valence-corrected chi connectivity index (χ3v) is 4.05. The van der Waals surface area contributed by atoms with Crippen molar-refractivity contribution in [3.05, 3.63) is 35.9 Å². The number of benzene rings is 1. The third kappa shape index (κ3) is 2.50. The van der Waals surface area contributed by atoms with Gasteiger partial charge < -0.3 is 10.6 Å². The zero-order valence-corrected chi connectivity index (χ0v) is 10.8. The van der Waals surface area contributed by atoms with Crippen molar-refractivity contribution in [2.75, 3.05) is 19.6 Å². The molecular formula is C15H21N3. The van der Waals surface area contributed by atoms with Crippen LogP contribution in [0.3, 0.4) is 0 Å². The molecule has 0 amide bonds. The maximum Gasteiger partial charge on any atom is 0.191 e. The fraction of sp³-hybridized carbons (Fsp3) is 0.533. The van der Waals surface area contributed by atoms with Gasteiger partial charge in [-0.3, -0.25) is 4.99 Å². The number of nitrogens with two attached hydrogens (primary N) is 1. The van der Waals surface area contributed by atoms with Gasteiger partial charge in [-0.05, 0) is 30.7 Å². The molecule has 2 N–H and O–H groups in total. The summed E-state index contributed by atoms with van der Waals surface area (Å²) in [4.78, 5) is 6.77. The molecule has 1 saturated carbocycles. The van der Waals surface area contributed by atoms with Crippen LogP contribution in [0, 0.1) is 5.92 Å². The predicted molar refractivity (Wildman–Crippen MR) is 74.6 cm³/mol. The molecule has 1 atom stereocenters. The normalized spacial score (nSPS) is 21.6. The molecule has 1 saturated heterocycles. The molecule has 1 aliphatic carbocycles. The van der Waals surface area contributed by atoms with E-state index in [2.05, 4.69) is 40.2 Å². The van der Waals surface area contributed by atoms with Crippen LogP contribution in [0.2, 0.25) is 0 Å². The molecule has 1 aromatic carbocycles. The molecule has 1 aromatic rings. The molecule has 3 nitrogen and oxygen atoms in total. The first-order chi connectivity index (χ1) is 8.84. The Morgan fingerprint density at radius 2 is 2.00 bits per heavy atom. The number of guanidine groups is 1. The molecule has 0 aromatic heterocycles. The van der Waals surface area contributed by atoms with E-state index in [1.165, 1.54) is 24.8 Å². The van der Waals surface area contributed by atoms with Crippen LogP contribution in [0.15, 0.2) is 35.3 Å². The van der Waals surface area contributed by atoms with Crippen molar-refractivity contribution < 1.29 is 0 Å². The zero-order chi connectivity index (χ0) is 12.4. The highest BCUT2D eigenvalue weighted by molar-refractivity contribution is 5.78. The van der Waals surface area contributed by atoms with Crippen LogP contribution in [0.5, 0.6) is 0 Å². The molecule has 2 aliphatic rings. The minimum atomic E-state index is 0.561. The monoisotopic (exact) mass is 243 g/mol. The highest BCUT2D eigenvalue weighted by atomic mass is 15.3. The molecule has 1 heterocycles. The van der Waals surface area contributed by atoms with E-state index in [-0.39, 0.29) is 0 Å². The molecule has 0 spiro atoms. The fourth-order valence-corrected chi connectivity index (χ4v) is 2.56. The van der Waals surface area contributed by atoms with Crippen LogP contribution in [-0.2, 0) is 0 Å². The van der Waals surface area contributed by atoms with E-state index in [0.29, 0.717) is 5.92 Å². The molecule has 2 fully saturated rings. The van der Waals surface area contributed by atoms with E-state index in [1.54, 1.807) is 0 Å². The topological polar surface area (TPSA) is 41.6 Å². The van der Waals surface area contributed by atoms with Crippen molar-refractivity contribution in [2.24, 2.45) is 16.6 Å². The molecule has 3 heteroatoms. The summed E-state index contributed by atoms with van der Waals surface area (Å²) in [5, 5.41) is 0. The van der Waals surface area contributed by atoms with Crippen molar-refractivity contribution in [3.8, 4) is 0 Å². The summed E-state index contributed by atoms with van der Waals surface area (Å²) in [5.41, 5.74) is 7.42. The lowest BCUT2D eigenvalue weighted by molar-refractivity contribution is 0.295. The minimum absolute atomic E-state index is 0.561. The summed E-state index contributed by atoms with van der Waals surface area (Å²) in [7, 11) is 0. The fourth-order valence-electron chi connectivity index (χ4n) is 2.56. The Morgan fingerprint density at radius 3 is 2.56 bits per heavy atom. The average molecular weight is 243 g/mol. The number of aliphatic imine (C=N–C) groups is 1. The Morgan fingerprint density at radius 1 is 1.28 bits per heavy atom. The van der Waals surface area contributed by atoms with Gasteiger partial charge in [0.1, 0.15) is 0 Å². The number of hydrogen-bond donors (Lipinski definition) is 1. The molecule has 1 aliphatic heterocycles. The highest BCUT2D eigenvalue weighted by Crippen LogP contribution is 2.42. The smallest absolute Gasteiger partial charge is 0.191 e. The minimum Gasteiger partial charge on any atom is -0.370 e. The summed E-state index contributed by atoms with van der Waals surface area (Å²) in [6.07, 6.45) is 3.94. The summed E-state index contributed by atoms with van der Waals surface area (Å²) < 4.78 is 0. The van der Waals surface area contributed by atoms with Gasteiger partial charge in [0.2, 0.25) is 0 Å². The van der Waals surface area contributed by atoms with E-state index in [1.807, 2.05) is 0 Å². The zero-order valence-electron chi connectivity index (χ0n) is 10.8. The average Bonchev–Trinajstić information content (AvgIpc) is 3.13. The number of hydrogen-bond acceptors (Lipinski definition) is 1. The number of rotatable bonds is 4. The Kier molecular flexibility index (Phi) is 3.22. The first-order valence-corrected chi connectivity index (χ1v) is 6.94. The molecule has 0 radical (unpaired) electrons. The first kappa shape index (κ1) is 11.6. The lowest BCUT2D eigenvalue weighted by atomic mass is 9.94. The number of likely N-dealkylation sites (tertiary alicyclic amines) is 1. The summed E-state index contributed by atoms with van der Waals surface area (Å²) in [5.74, 6) is 2.12. The van der Waals surface area contributed by atoms with E-state index in [0.717, 1.165) is 31.5 Å². The second-order valence-corrected chi connectivity index (χ2v) is 5.39. The van der Waals surface area contributed by atoms with Crippen LogP contribution >= 0.6 is 0 Å².